The number of nitrogens with zero attached hydrogens (tertiary/aromatic N) is 2. The maximum absolute atomic E-state index is 3.61. The van der Waals surface area contributed by atoms with E-state index in [-0.39, 0.29) is 0 Å². The number of alkyl halides is 1. The minimum Gasteiger partial charge on any atom is -0.300 e. The van der Waals surface area contributed by atoms with Crippen LogP contribution >= 0.6 is 15.9 Å². The largest absolute Gasteiger partial charge is 0.300 e. The molecule has 0 N–H and O–H groups in total. The van der Waals surface area contributed by atoms with Crippen LogP contribution in [0.25, 0.3) is 0 Å². The van der Waals surface area contributed by atoms with E-state index >= 15 is 0 Å². The molecule has 0 radical (unpaired) electrons. The van der Waals surface area contributed by atoms with Crippen LogP contribution in [0, 0.1) is 5.41 Å². The summed E-state index contributed by atoms with van der Waals surface area (Å²) >= 11 is 3.61. The molecule has 2 aliphatic rings. The molecule has 0 bridgehead atoms. The molecule has 0 atom stereocenters. The SMILES string of the molecule is CC(C)(CBr)CN1CCN(C2CC2)CC1. The minimum atomic E-state index is 0.418. The van der Waals surface area contributed by atoms with Crippen LogP contribution in [0.4, 0.5) is 0 Å². The Bertz CT molecular complexity index is 206. The molecule has 88 valence electrons. The fourth-order valence-electron chi connectivity index (χ4n) is 2.37. The normalized spacial score (nSPS) is 25.8. The van der Waals surface area contributed by atoms with Crippen LogP contribution in [0.15, 0.2) is 0 Å². The number of piperazine rings is 1. The highest BCUT2D eigenvalue weighted by molar-refractivity contribution is 9.09. The Morgan fingerprint density at radius 1 is 1.13 bits per heavy atom. The summed E-state index contributed by atoms with van der Waals surface area (Å²) in [6, 6.07) is 0.955. The first-order valence-electron chi connectivity index (χ1n) is 6.13. The van der Waals surface area contributed by atoms with Crippen molar-refractivity contribution in [1.82, 2.24) is 9.80 Å². The number of rotatable bonds is 4. The van der Waals surface area contributed by atoms with E-state index in [1.54, 1.807) is 0 Å². The Labute approximate surface area is 102 Å². The second-order valence-electron chi connectivity index (χ2n) is 5.84. The van der Waals surface area contributed by atoms with Crippen molar-refractivity contribution in [3.63, 3.8) is 0 Å². The maximum atomic E-state index is 3.61. The molecular formula is C12H23BrN2. The van der Waals surface area contributed by atoms with Crippen LogP contribution in [-0.2, 0) is 0 Å². The molecule has 1 aliphatic carbocycles. The van der Waals surface area contributed by atoms with Crippen LogP contribution < -0.4 is 0 Å². The maximum Gasteiger partial charge on any atom is 0.0113 e. The third-order valence-corrected chi connectivity index (χ3v) is 5.00. The fraction of sp³-hybridized carbons (Fsp3) is 1.00. The standard InChI is InChI=1S/C12H23BrN2/c1-12(2,9-13)10-14-5-7-15(8-6-14)11-3-4-11/h11H,3-10H2,1-2H3. The van der Waals surface area contributed by atoms with Crippen LogP contribution in [0.1, 0.15) is 26.7 Å². The van der Waals surface area contributed by atoms with Crippen LogP contribution in [-0.4, -0.2) is 53.9 Å². The molecule has 0 unspecified atom stereocenters. The van der Waals surface area contributed by atoms with Crippen LogP contribution in [0.2, 0.25) is 0 Å². The quantitative estimate of drug-likeness (QED) is 0.726. The molecule has 0 aromatic heterocycles. The lowest BCUT2D eigenvalue weighted by Gasteiger charge is -2.38. The first-order valence-corrected chi connectivity index (χ1v) is 7.25. The summed E-state index contributed by atoms with van der Waals surface area (Å²) < 4.78 is 0. The molecule has 1 heterocycles. The molecule has 1 saturated carbocycles. The first kappa shape index (κ1) is 11.9. The summed E-state index contributed by atoms with van der Waals surface area (Å²) in [5.74, 6) is 0. The predicted molar refractivity (Wildman–Crippen MR) is 68.6 cm³/mol. The molecule has 0 aromatic rings. The molecule has 2 rings (SSSR count). The molecule has 3 heteroatoms. The highest BCUT2D eigenvalue weighted by Crippen LogP contribution is 2.28. The van der Waals surface area contributed by atoms with Crippen molar-refractivity contribution in [1.29, 1.82) is 0 Å². The monoisotopic (exact) mass is 274 g/mol. The van der Waals surface area contributed by atoms with Crippen molar-refractivity contribution in [2.24, 2.45) is 5.41 Å². The lowest BCUT2D eigenvalue weighted by molar-refractivity contribution is 0.0995. The molecule has 15 heavy (non-hydrogen) atoms. The summed E-state index contributed by atoms with van der Waals surface area (Å²) in [5, 5.41) is 1.10. The van der Waals surface area contributed by atoms with Crippen LogP contribution in [0.3, 0.4) is 0 Å². The van der Waals surface area contributed by atoms with E-state index < -0.39 is 0 Å². The zero-order chi connectivity index (χ0) is 10.9. The van der Waals surface area contributed by atoms with Crippen molar-refractivity contribution in [3.05, 3.63) is 0 Å². The molecule has 1 aliphatic heterocycles. The number of hydrogen-bond acceptors (Lipinski definition) is 2. The lowest BCUT2D eigenvalue weighted by Crippen LogP contribution is -2.49. The third kappa shape index (κ3) is 3.43. The van der Waals surface area contributed by atoms with Gasteiger partial charge in [-0.1, -0.05) is 29.8 Å². The Morgan fingerprint density at radius 2 is 1.73 bits per heavy atom. The van der Waals surface area contributed by atoms with Gasteiger partial charge in [0.25, 0.3) is 0 Å². The zero-order valence-corrected chi connectivity index (χ0v) is 11.6. The van der Waals surface area contributed by atoms with E-state index in [9.17, 15) is 0 Å². The molecule has 1 saturated heterocycles. The average Bonchev–Trinajstić information content (AvgIpc) is 3.02. The van der Waals surface area contributed by atoms with E-state index in [2.05, 4.69) is 39.6 Å². The number of halogens is 1. The van der Waals surface area contributed by atoms with Gasteiger partial charge in [-0.25, -0.2) is 0 Å². The van der Waals surface area contributed by atoms with Gasteiger partial charge in [-0.05, 0) is 18.3 Å². The van der Waals surface area contributed by atoms with E-state index in [1.807, 2.05) is 0 Å². The van der Waals surface area contributed by atoms with Crippen molar-refractivity contribution >= 4 is 15.9 Å². The van der Waals surface area contributed by atoms with Gasteiger partial charge in [0.15, 0.2) is 0 Å². The van der Waals surface area contributed by atoms with Gasteiger partial charge in [-0.3, -0.25) is 4.90 Å². The highest BCUT2D eigenvalue weighted by Gasteiger charge is 2.32. The van der Waals surface area contributed by atoms with Crippen molar-refractivity contribution < 1.29 is 0 Å². The molecule has 0 spiro atoms. The van der Waals surface area contributed by atoms with Gasteiger partial charge in [0.05, 0.1) is 0 Å². The molecule has 0 aromatic carbocycles. The lowest BCUT2D eigenvalue weighted by atomic mass is 9.95. The van der Waals surface area contributed by atoms with Crippen molar-refractivity contribution in [3.8, 4) is 0 Å². The predicted octanol–water partition coefficient (Wildman–Crippen LogP) is 2.19. The summed E-state index contributed by atoms with van der Waals surface area (Å²) in [7, 11) is 0. The van der Waals surface area contributed by atoms with Gasteiger partial charge in [-0.15, -0.1) is 0 Å². The van der Waals surface area contributed by atoms with Crippen molar-refractivity contribution in [2.45, 2.75) is 32.7 Å². The summed E-state index contributed by atoms with van der Waals surface area (Å²) in [6.45, 7) is 11.0. The van der Waals surface area contributed by atoms with Crippen molar-refractivity contribution in [2.75, 3.05) is 38.1 Å². The Balaban J connectivity index is 1.73. The van der Waals surface area contributed by atoms with E-state index in [4.69, 9.17) is 0 Å². The molecule has 0 amide bonds. The van der Waals surface area contributed by atoms with E-state index in [0.29, 0.717) is 5.41 Å². The van der Waals surface area contributed by atoms with Gasteiger partial charge in [0.2, 0.25) is 0 Å². The van der Waals surface area contributed by atoms with Gasteiger partial charge < -0.3 is 4.90 Å². The first-order chi connectivity index (χ1) is 7.11. The van der Waals surface area contributed by atoms with Gasteiger partial charge in [0.1, 0.15) is 0 Å². The average molecular weight is 275 g/mol. The van der Waals surface area contributed by atoms with Gasteiger partial charge in [0, 0.05) is 44.1 Å². The summed E-state index contributed by atoms with van der Waals surface area (Å²) in [5.41, 5.74) is 0.418. The van der Waals surface area contributed by atoms with Gasteiger partial charge >= 0.3 is 0 Å². The summed E-state index contributed by atoms with van der Waals surface area (Å²) in [6.07, 6.45) is 2.90. The molecular weight excluding hydrogens is 252 g/mol. The topological polar surface area (TPSA) is 6.48 Å². The molecule has 2 fully saturated rings. The minimum absolute atomic E-state index is 0.418. The second-order valence-corrected chi connectivity index (χ2v) is 6.40. The smallest absolute Gasteiger partial charge is 0.0113 e. The Kier molecular flexibility index (Phi) is 3.74. The fourth-order valence-corrected chi connectivity index (χ4v) is 2.55. The van der Waals surface area contributed by atoms with Crippen LogP contribution in [0.5, 0.6) is 0 Å². The highest BCUT2D eigenvalue weighted by atomic mass is 79.9. The van der Waals surface area contributed by atoms with Gasteiger partial charge in [-0.2, -0.15) is 0 Å². The van der Waals surface area contributed by atoms with E-state index in [1.165, 1.54) is 45.6 Å². The zero-order valence-electron chi connectivity index (χ0n) is 10.0. The summed E-state index contributed by atoms with van der Waals surface area (Å²) in [4.78, 5) is 5.30. The second kappa shape index (κ2) is 4.72. The number of hydrogen-bond donors (Lipinski definition) is 0. The Hall–Kier alpha value is 0.400. The van der Waals surface area contributed by atoms with E-state index in [0.717, 1.165) is 11.4 Å². The molecule has 2 nitrogen and oxygen atoms in total. The third-order valence-electron chi connectivity index (χ3n) is 3.48. The Morgan fingerprint density at radius 3 is 2.20 bits per heavy atom.